The first-order valence-corrected chi connectivity index (χ1v) is 8.74. The second-order valence-electron chi connectivity index (χ2n) is 6.16. The second kappa shape index (κ2) is 9.00. The summed E-state index contributed by atoms with van der Waals surface area (Å²) in [5.74, 6) is 1.77. The molecule has 6 heteroatoms. The van der Waals surface area contributed by atoms with E-state index in [1.54, 1.807) is 18.3 Å². The Morgan fingerprint density at radius 3 is 2.92 bits per heavy atom. The Bertz CT molecular complexity index is 683. The number of aromatic nitrogens is 2. The van der Waals surface area contributed by atoms with Crippen LogP contribution in [0.25, 0.3) is 0 Å². The van der Waals surface area contributed by atoms with Gasteiger partial charge in [0.05, 0.1) is 18.2 Å². The molecule has 1 aromatic heterocycles. The van der Waals surface area contributed by atoms with Gasteiger partial charge in [-0.2, -0.15) is 10.4 Å². The van der Waals surface area contributed by atoms with E-state index in [1.807, 2.05) is 24.3 Å². The fourth-order valence-electron chi connectivity index (χ4n) is 3.01. The molecule has 1 N–H and O–H groups in total. The molecule has 6 nitrogen and oxygen atoms in total. The number of benzene rings is 1. The predicted molar refractivity (Wildman–Crippen MR) is 96.5 cm³/mol. The van der Waals surface area contributed by atoms with E-state index in [1.165, 1.54) is 6.42 Å². The van der Waals surface area contributed by atoms with Crippen molar-refractivity contribution >= 4 is 5.82 Å². The molecule has 130 valence electrons. The highest BCUT2D eigenvalue weighted by Crippen LogP contribution is 2.16. The summed E-state index contributed by atoms with van der Waals surface area (Å²) in [5, 5.41) is 20.6. The first-order valence-electron chi connectivity index (χ1n) is 8.74. The van der Waals surface area contributed by atoms with E-state index in [9.17, 15) is 0 Å². The lowest BCUT2D eigenvalue weighted by Gasteiger charge is -2.33. The maximum atomic E-state index is 8.78. The molecule has 1 aromatic carbocycles. The van der Waals surface area contributed by atoms with Crippen molar-refractivity contribution in [1.82, 2.24) is 15.5 Å². The van der Waals surface area contributed by atoms with Gasteiger partial charge in [-0.3, -0.25) is 0 Å². The van der Waals surface area contributed by atoms with Crippen LogP contribution in [-0.4, -0.2) is 42.5 Å². The van der Waals surface area contributed by atoms with Crippen molar-refractivity contribution in [3.05, 3.63) is 48.2 Å². The zero-order valence-corrected chi connectivity index (χ0v) is 14.3. The number of rotatable bonds is 7. The van der Waals surface area contributed by atoms with E-state index in [2.05, 4.69) is 26.5 Å². The molecule has 1 saturated heterocycles. The number of ether oxygens (including phenoxy) is 1. The lowest BCUT2D eigenvalue weighted by molar-refractivity contribution is 0.301. The van der Waals surface area contributed by atoms with Crippen molar-refractivity contribution in [2.24, 2.45) is 0 Å². The summed E-state index contributed by atoms with van der Waals surface area (Å²) in [6, 6.07) is 13.8. The van der Waals surface area contributed by atoms with Crippen LogP contribution >= 0.6 is 0 Å². The number of nitrogens with zero attached hydrogens (tertiary/aromatic N) is 4. The maximum absolute atomic E-state index is 8.78. The molecule has 0 unspecified atom stereocenters. The molecule has 0 aliphatic carbocycles. The third kappa shape index (κ3) is 5.16. The molecule has 2 aromatic rings. The molecule has 0 amide bonds. The van der Waals surface area contributed by atoms with E-state index < -0.39 is 0 Å². The molecule has 0 spiro atoms. The quantitative estimate of drug-likeness (QED) is 0.782. The highest BCUT2D eigenvalue weighted by molar-refractivity contribution is 5.37. The van der Waals surface area contributed by atoms with Crippen molar-refractivity contribution in [2.45, 2.75) is 25.3 Å². The predicted octanol–water partition coefficient (Wildman–Crippen LogP) is 2.38. The largest absolute Gasteiger partial charge is 0.494 e. The van der Waals surface area contributed by atoms with Gasteiger partial charge in [-0.25, -0.2) is 0 Å². The van der Waals surface area contributed by atoms with E-state index in [-0.39, 0.29) is 0 Å². The molecule has 0 bridgehead atoms. The van der Waals surface area contributed by atoms with Gasteiger partial charge in [-0.05, 0) is 62.2 Å². The van der Waals surface area contributed by atoms with Crippen LogP contribution in [0.1, 0.15) is 24.8 Å². The first-order chi connectivity index (χ1) is 12.3. The van der Waals surface area contributed by atoms with Crippen LogP contribution in [0.2, 0.25) is 0 Å². The van der Waals surface area contributed by atoms with E-state index in [0.717, 1.165) is 44.0 Å². The molecule has 0 radical (unpaired) electrons. The Morgan fingerprint density at radius 2 is 2.16 bits per heavy atom. The molecule has 1 fully saturated rings. The fourth-order valence-corrected chi connectivity index (χ4v) is 3.01. The second-order valence-corrected chi connectivity index (χ2v) is 6.16. The monoisotopic (exact) mass is 337 g/mol. The Kier molecular flexibility index (Phi) is 6.18. The summed E-state index contributed by atoms with van der Waals surface area (Å²) in [6.07, 6.45) is 5.00. The van der Waals surface area contributed by atoms with Crippen molar-refractivity contribution in [3.63, 3.8) is 0 Å². The minimum absolute atomic E-state index is 0.477. The molecule has 2 heterocycles. The topological polar surface area (TPSA) is 74.1 Å². The summed E-state index contributed by atoms with van der Waals surface area (Å²) in [7, 11) is 0. The zero-order chi connectivity index (χ0) is 17.3. The molecule has 1 aliphatic heterocycles. The molecule has 1 atom stereocenters. The third-order valence-electron chi connectivity index (χ3n) is 4.31. The molecule has 25 heavy (non-hydrogen) atoms. The zero-order valence-electron chi connectivity index (χ0n) is 14.3. The molecule has 1 aliphatic rings. The van der Waals surface area contributed by atoms with Crippen LogP contribution in [0.4, 0.5) is 5.82 Å². The molecular weight excluding hydrogens is 314 g/mol. The average molecular weight is 337 g/mol. The Balaban J connectivity index is 1.35. The van der Waals surface area contributed by atoms with Gasteiger partial charge in [0.25, 0.3) is 0 Å². The Morgan fingerprint density at radius 1 is 1.28 bits per heavy atom. The summed E-state index contributed by atoms with van der Waals surface area (Å²) in [6.45, 7) is 3.60. The Hall–Kier alpha value is -2.65. The highest BCUT2D eigenvalue weighted by Gasteiger charge is 2.20. The van der Waals surface area contributed by atoms with Gasteiger partial charge in [0.2, 0.25) is 0 Å². The number of nitrogens with one attached hydrogen (secondary N) is 1. The third-order valence-corrected chi connectivity index (χ3v) is 4.31. The lowest BCUT2D eigenvalue weighted by atomic mass is 10.1. The van der Waals surface area contributed by atoms with Crippen LogP contribution in [0.5, 0.6) is 5.75 Å². The van der Waals surface area contributed by atoms with Crippen molar-refractivity contribution in [2.75, 3.05) is 31.1 Å². The number of anilines is 1. The van der Waals surface area contributed by atoms with E-state index in [0.29, 0.717) is 18.2 Å². The minimum Gasteiger partial charge on any atom is -0.494 e. The summed E-state index contributed by atoms with van der Waals surface area (Å²) in [5.41, 5.74) is 0.652. The number of hydrogen-bond donors (Lipinski definition) is 1. The number of hydrogen-bond acceptors (Lipinski definition) is 6. The SMILES string of the molecule is N#Cc1ccc(OCCCN[C@@H]2CCCN(c3cccnn3)C2)cc1. The first kappa shape index (κ1) is 17.2. The Labute approximate surface area is 148 Å². The van der Waals surface area contributed by atoms with E-state index >= 15 is 0 Å². The highest BCUT2D eigenvalue weighted by atomic mass is 16.5. The average Bonchev–Trinajstić information content (AvgIpc) is 2.69. The van der Waals surface area contributed by atoms with Crippen molar-refractivity contribution < 1.29 is 4.74 Å². The van der Waals surface area contributed by atoms with Gasteiger partial charge in [-0.15, -0.1) is 5.10 Å². The lowest BCUT2D eigenvalue weighted by Crippen LogP contribution is -2.46. The maximum Gasteiger partial charge on any atom is 0.151 e. The van der Waals surface area contributed by atoms with Crippen LogP contribution < -0.4 is 15.0 Å². The summed E-state index contributed by atoms with van der Waals surface area (Å²) in [4.78, 5) is 2.29. The van der Waals surface area contributed by atoms with Gasteiger partial charge in [0.15, 0.2) is 5.82 Å². The van der Waals surface area contributed by atoms with Gasteiger partial charge in [0.1, 0.15) is 5.75 Å². The molecule has 3 rings (SSSR count). The summed E-state index contributed by atoms with van der Waals surface area (Å²) < 4.78 is 5.71. The normalized spacial score (nSPS) is 17.1. The summed E-state index contributed by atoms with van der Waals surface area (Å²) >= 11 is 0. The van der Waals surface area contributed by atoms with Gasteiger partial charge < -0.3 is 15.0 Å². The fraction of sp³-hybridized carbons (Fsp3) is 0.421. The molecule has 0 saturated carbocycles. The van der Waals surface area contributed by atoms with Crippen LogP contribution in [0.3, 0.4) is 0 Å². The number of nitriles is 1. The van der Waals surface area contributed by atoms with Crippen LogP contribution in [-0.2, 0) is 0 Å². The van der Waals surface area contributed by atoms with Gasteiger partial charge in [0, 0.05) is 25.3 Å². The minimum atomic E-state index is 0.477. The van der Waals surface area contributed by atoms with Crippen molar-refractivity contribution in [3.8, 4) is 11.8 Å². The van der Waals surface area contributed by atoms with Crippen LogP contribution in [0, 0.1) is 11.3 Å². The van der Waals surface area contributed by atoms with E-state index in [4.69, 9.17) is 10.00 Å². The van der Waals surface area contributed by atoms with Crippen LogP contribution in [0.15, 0.2) is 42.6 Å². The van der Waals surface area contributed by atoms with Crippen molar-refractivity contribution in [1.29, 1.82) is 5.26 Å². The van der Waals surface area contributed by atoms with Gasteiger partial charge >= 0.3 is 0 Å². The number of piperidine rings is 1. The standard InChI is InChI=1S/C19H23N5O/c20-14-16-6-8-18(9-7-16)25-13-3-10-21-17-4-2-12-24(15-17)19-5-1-11-22-23-19/h1,5-9,11,17,21H,2-4,10,12-13,15H2/t17-/m1/s1. The van der Waals surface area contributed by atoms with Gasteiger partial charge in [-0.1, -0.05) is 0 Å². The molecular formula is C19H23N5O. The smallest absolute Gasteiger partial charge is 0.151 e.